The number of methoxy groups -OCH3 is 1. The Morgan fingerprint density at radius 3 is 2.73 bits per heavy atom. The smallest absolute Gasteiger partial charge is 0.407 e. The fraction of sp³-hybridized carbons (Fsp3) is 0.389. The van der Waals surface area contributed by atoms with Crippen LogP contribution in [-0.4, -0.2) is 33.8 Å². The van der Waals surface area contributed by atoms with Crippen LogP contribution in [-0.2, 0) is 24.2 Å². The highest BCUT2D eigenvalue weighted by Crippen LogP contribution is 2.22. The molecule has 0 radical (unpaired) electrons. The summed E-state index contributed by atoms with van der Waals surface area (Å²) in [5.41, 5.74) is 1.49. The van der Waals surface area contributed by atoms with Crippen LogP contribution >= 0.6 is 11.6 Å². The molecule has 0 fully saturated rings. The molecule has 7 nitrogen and oxygen atoms in total. The van der Waals surface area contributed by atoms with Gasteiger partial charge in [-0.05, 0) is 18.1 Å². The van der Waals surface area contributed by atoms with Crippen LogP contribution in [0.2, 0.25) is 5.15 Å². The summed E-state index contributed by atoms with van der Waals surface area (Å²) in [5, 5.41) is 12.3. The zero-order chi connectivity index (χ0) is 19.1. The molecule has 0 bridgehead atoms. The van der Waals surface area contributed by atoms with E-state index in [1.54, 1.807) is 24.3 Å². The van der Waals surface area contributed by atoms with Gasteiger partial charge < -0.3 is 19.7 Å². The highest BCUT2D eigenvalue weighted by atomic mass is 35.5. The minimum absolute atomic E-state index is 0.139. The summed E-state index contributed by atoms with van der Waals surface area (Å²) in [6.45, 7) is 2.52. The second-order valence-corrected chi connectivity index (χ2v) is 6.12. The number of ether oxygens (including phenoxy) is 1. The normalized spacial score (nSPS) is 10.6. The van der Waals surface area contributed by atoms with Gasteiger partial charge >= 0.3 is 12.1 Å². The Balaban J connectivity index is 2.40. The number of unbranched alkanes of at least 4 members (excludes halogenated alkanes) is 1. The Bertz CT molecular complexity index is 789. The van der Waals surface area contributed by atoms with Crippen molar-refractivity contribution in [3.05, 3.63) is 52.1 Å². The molecule has 2 N–H and O–H groups in total. The number of nitrogens with zero attached hydrogens (tertiary/aromatic N) is 2. The van der Waals surface area contributed by atoms with Gasteiger partial charge in [-0.3, -0.25) is 0 Å². The van der Waals surface area contributed by atoms with Gasteiger partial charge in [0.05, 0.1) is 24.9 Å². The molecule has 140 valence electrons. The van der Waals surface area contributed by atoms with E-state index >= 15 is 0 Å². The third-order valence-electron chi connectivity index (χ3n) is 4.02. The van der Waals surface area contributed by atoms with Crippen LogP contribution in [0.5, 0.6) is 0 Å². The summed E-state index contributed by atoms with van der Waals surface area (Å²) < 4.78 is 6.46. The number of carbonyl (C=O) groups excluding carboxylic acids is 1. The number of aryl methyl sites for hydroxylation is 1. The molecular formula is C18H22ClN3O4. The van der Waals surface area contributed by atoms with Crippen molar-refractivity contribution in [2.24, 2.45) is 0 Å². The van der Waals surface area contributed by atoms with Gasteiger partial charge in [-0.15, -0.1) is 0 Å². The number of carbonyl (C=O) groups is 2. The van der Waals surface area contributed by atoms with Gasteiger partial charge in [0, 0.05) is 13.0 Å². The highest BCUT2D eigenvalue weighted by molar-refractivity contribution is 6.30. The number of aromatic carboxylic acids is 1. The van der Waals surface area contributed by atoms with Crippen molar-refractivity contribution in [2.45, 2.75) is 39.3 Å². The predicted octanol–water partition coefficient (Wildman–Crippen LogP) is 3.48. The average Bonchev–Trinajstić information content (AvgIpc) is 2.92. The lowest BCUT2D eigenvalue weighted by molar-refractivity contribution is 0.0695. The lowest BCUT2D eigenvalue weighted by Gasteiger charge is -2.14. The molecule has 0 aliphatic rings. The largest absolute Gasteiger partial charge is 0.478 e. The summed E-state index contributed by atoms with van der Waals surface area (Å²) in [6.07, 6.45) is 2.06. The summed E-state index contributed by atoms with van der Waals surface area (Å²) in [6, 6.07) is 6.80. The Labute approximate surface area is 156 Å². The first-order chi connectivity index (χ1) is 12.5. The van der Waals surface area contributed by atoms with Gasteiger partial charge in [0.15, 0.2) is 5.15 Å². The molecule has 2 rings (SSSR count). The van der Waals surface area contributed by atoms with E-state index in [1.807, 2.05) is 4.57 Å². The van der Waals surface area contributed by atoms with Crippen molar-refractivity contribution in [3.63, 3.8) is 0 Å². The fourth-order valence-corrected chi connectivity index (χ4v) is 2.92. The van der Waals surface area contributed by atoms with Gasteiger partial charge in [-0.2, -0.15) is 0 Å². The fourth-order valence-electron chi connectivity index (χ4n) is 2.65. The first-order valence-electron chi connectivity index (χ1n) is 8.34. The van der Waals surface area contributed by atoms with Crippen molar-refractivity contribution in [3.8, 4) is 0 Å². The first kappa shape index (κ1) is 19.8. The predicted molar refractivity (Wildman–Crippen MR) is 97.6 cm³/mol. The number of carboxylic acid groups (broad SMARTS) is 1. The van der Waals surface area contributed by atoms with Crippen LogP contribution in [0.4, 0.5) is 4.79 Å². The van der Waals surface area contributed by atoms with Crippen molar-refractivity contribution in [1.82, 2.24) is 14.9 Å². The van der Waals surface area contributed by atoms with Crippen molar-refractivity contribution in [1.29, 1.82) is 0 Å². The van der Waals surface area contributed by atoms with Gasteiger partial charge in [0.2, 0.25) is 0 Å². The quantitative estimate of drug-likeness (QED) is 0.732. The number of rotatable bonds is 8. The van der Waals surface area contributed by atoms with Crippen molar-refractivity contribution < 1.29 is 19.4 Å². The average molecular weight is 380 g/mol. The van der Waals surface area contributed by atoms with Crippen LogP contribution in [0, 0.1) is 0 Å². The van der Waals surface area contributed by atoms with Crippen molar-refractivity contribution in [2.75, 3.05) is 7.11 Å². The van der Waals surface area contributed by atoms with E-state index in [0.717, 1.165) is 18.7 Å². The zero-order valence-electron chi connectivity index (χ0n) is 14.8. The third kappa shape index (κ3) is 4.76. The molecule has 0 spiro atoms. The summed E-state index contributed by atoms with van der Waals surface area (Å²) in [7, 11) is 1.28. The Morgan fingerprint density at radius 1 is 1.35 bits per heavy atom. The summed E-state index contributed by atoms with van der Waals surface area (Å²) in [5.74, 6) is -0.227. The van der Waals surface area contributed by atoms with E-state index in [2.05, 4.69) is 22.0 Å². The molecular weight excluding hydrogens is 358 g/mol. The van der Waals surface area contributed by atoms with Crippen LogP contribution in [0.25, 0.3) is 0 Å². The van der Waals surface area contributed by atoms with E-state index in [-0.39, 0.29) is 12.1 Å². The number of imidazole rings is 1. The topological polar surface area (TPSA) is 93.5 Å². The number of alkyl carbamates (subject to hydrolysis) is 1. The van der Waals surface area contributed by atoms with Gasteiger partial charge in [0.25, 0.3) is 0 Å². The molecule has 1 amide bonds. The molecule has 0 saturated carbocycles. The first-order valence-corrected chi connectivity index (χ1v) is 8.72. The van der Waals surface area contributed by atoms with E-state index < -0.39 is 12.1 Å². The van der Waals surface area contributed by atoms with Crippen LogP contribution in [0.1, 0.15) is 47.2 Å². The molecule has 0 unspecified atom stereocenters. The molecule has 1 aromatic carbocycles. The number of hydrogen-bond acceptors (Lipinski definition) is 4. The summed E-state index contributed by atoms with van der Waals surface area (Å²) >= 11 is 6.28. The number of benzene rings is 1. The minimum atomic E-state index is -0.990. The molecule has 1 heterocycles. The maximum Gasteiger partial charge on any atom is 0.407 e. The van der Waals surface area contributed by atoms with Gasteiger partial charge in [0.1, 0.15) is 5.82 Å². The van der Waals surface area contributed by atoms with E-state index in [9.17, 15) is 14.7 Å². The monoisotopic (exact) mass is 379 g/mol. The molecule has 0 atom stereocenters. The second-order valence-electron chi connectivity index (χ2n) is 5.76. The molecule has 8 heteroatoms. The highest BCUT2D eigenvalue weighted by Gasteiger charge is 2.19. The van der Waals surface area contributed by atoms with E-state index in [0.29, 0.717) is 29.4 Å². The minimum Gasteiger partial charge on any atom is -0.478 e. The molecule has 0 aliphatic heterocycles. The summed E-state index contributed by atoms with van der Waals surface area (Å²) in [4.78, 5) is 27.3. The Morgan fingerprint density at radius 2 is 2.08 bits per heavy atom. The number of hydrogen-bond donors (Lipinski definition) is 2. The van der Waals surface area contributed by atoms with Crippen molar-refractivity contribution >= 4 is 23.7 Å². The van der Waals surface area contributed by atoms with Crippen LogP contribution in [0.3, 0.4) is 0 Å². The van der Waals surface area contributed by atoms with E-state index in [4.69, 9.17) is 11.6 Å². The molecule has 2 aromatic rings. The zero-order valence-corrected chi connectivity index (χ0v) is 15.5. The van der Waals surface area contributed by atoms with Crippen LogP contribution < -0.4 is 5.32 Å². The number of halogens is 1. The number of amides is 1. The maximum atomic E-state index is 11.5. The second kappa shape index (κ2) is 9.24. The van der Waals surface area contributed by atoms with Gasteiger partial charge in [-0.25, -0.2) is 14.6 Å². The molecule has 26 heavy (non-hydrogen) atoms. The third-order valence-corrected chi connectivity index (χ3v) is 4.32. The number of aromatic nitrogens is 2. The lowest BCUT2D eigenvalue weighted by Crippen LogP contribution is -2.24. The number of nitrogens with one attached hydrogen (secondary N) is 1. The SMILES string of the molecule is CCCCc1nc(Cl)c(CNC(=O)OC)n1Cc1ccccc1C(=O)O. The molecule has 0 saturated heterocycles. The molecule has 1 aromatic heterocycles. The van der Waals surface area contributed by atoms with E-state index in [1.165, 1.54) is 7.11 Å². The Hall–Kier alpha value is -2.54. The maximum absolute atomic E-state index is 11.5. The standard InChI is InChI=1S/C18H22ClN3O4/c1-3-4-9-15-21-16(19)14(10-20-18(25)26-2)22(15)11-12-7-5-6-8-13(12)17(23)24/h5-8H,3-4,9-11H2,1-2H3,(H,20,25)(H,23,24). The lowest BCUT2D eigenvalue weighted by atomic mass is 10.1. The Kier molecular flexibility index (Phi) is 7.03. The van der Waals surface area contributed by atoms with Crippen LogP contribution in [0.15, 0.2) is 24.3 Å². The van der Waals surface area contributed by atoms with Gasteiger partial charge in [-0.1, -0.05) is 43.1 Å². The number of carboxylic acids is 1. The molecule has 0 aliphatic carbocycles.